The first-order chi connectivity index (χ1) is 12.2. The normalized spacial score (nSPS) is 17.8. The molecule has 1 fully saturated rings. The highest BCUT2D eigenvalue weighted by atomic mass is 16.5. The van der Waals surface area contributed by atoms with Crippen molar-refractivity contribution < 1.29 is 4.74 Å². The predicted octanol–water partition coefficient (Wildman–Crippen LogP) is 1.38. The standard InChI is InChI=1S/C17H21N7O/c1-13-10-14(2)23(19-13)12-16-11-22(8-9-25-16)17-18-20-21-24(17)15-6-4-3-5-7-15/h3-7,10,16H,8-9,11-12H2,1-2H3. The van der Waals surface area contributed by atoms with Gasteiger partial charge in [-0.15, -0.1) is 0 Å². The molecule has 0 radical (unpaired) electrons. The van der Waals surface area contributed by atoms with E-state index in [1.807, 2.05) is 41.9 Å². The highest BCUT2D eigenvalue weighted by molar-refractivity contribution is 5.40. The number of nitrogens with zero attached hydrogens (tertiary/aromatic N) is 7. The van der Waals surface area contributed by atoms with Gasteiger partial charge in [0.05, 0.1) is 30.6 Å². The molecule has 0 saturated carbocycles. The van der Waals surface area contributed by atoms with Crippen LogP contribution in [0.3, 0.4) is 0 Å². The van der Waals surface area contributed by atoms with Crippen LogP contribution in [0.4, 0.5) is 5.95 Å². The zero-order valence-electron chi connectivity index (χ0n) is 14.4. The third-order valence-electron chi connectivity index (χ3n) is 4.36. The van der Waals surface area contributed by atoms with Gasteiger partial charge in [0.25, 0.3) is 5.95 Å². The van der Waals surface area contributed by atoms with Crippen LogP contribution in [0.5, 0.6) is 0 Å². The van der Waals surface area contributed by atoms with Crippen molar-refractivity contribution in [3.05, 3.63) is 47.8 Å². The first-order valence-corrected chi connectivity index (χ1v) is 8.42. The van der Waals surface area contributed by atoms with E-state index >= 15 is 0 Å². The maximum Gasteiger partial charge on any atom is 0.250 e. The van der Waals surface area contributed by atoms with Crippen molar-refractivity contribution in [2.24, 2.45) is 0 Å². The summed E-state index contributed by atoms with van der Waals surface area (Å²) in [7, 11) is 0. The van der Waals surface area contributed by atoms with Crippen molar-refractivity contribution >= 4 is 5.95 Å². The minimum Gasteiger partial charge on any atom is -0.373 e. The number of hydrogen-bond acceptors (Lipinski definition) is 6. The number of benzene rings is 1. The van der Waals surface area contributed by atoms with Crippen molar-refractivity contribution in [1.29, 1.82) is 0 Å². The second-order valence-electron chi connectivity index (χ2n) is 6.27. The number of aromatic nitrogens is 6. The Balaban J connectivity index is 1.52. The van der Waals surface area contributed by atoms with Crippen LogP contribution in [-0.2, 0) is 11.3 Å². The van der Waals surface area contributed by atoms with Crippen LogP contribution in [0.15, 0.2) is 36.4 Å². The number of morpholine rings is 1. The van der Waals surface area contributed by atoms with Gasteiger partial charge in [-0.1, -0.05) is 23.3 Å². The van der Waals surface area contributed by atoms with Gasteiger partial charge in [0.15, 0.2) is 0 Å². The number of para-hydroxylation sites is 1. The van der Waals surface area contributed by atoms with E-state index in [0.29, 0.717) is 6.61 Å². The number of aryl methyl sites for hydroxylation is 2. The summed E-state index contributed by atoms with van der Waals surface area (Å²) in [6.45, 7) is 6.93. The Labute approximate surface area is 146 Å². The monoisotopic (exact) mass is 339 g/mol. The van der Waals surface area contributed by atoms with E-state index in [4.69, 9.17) is 4.74 Å². The van der Waals surface area contributed by atoms with E-state index in [-0.39, 0.29) is 6.10 Å². The molecule has 3 aromatic rings. The Bertz CT molecular complexity index is 842. The highest BCUT2D eigenvalue weighted by Crippen LogP contribution is 2.19. The number of tetrazole rings is 1. The molecule has 25 heavy (non-hydrogen) atoms. The minimum absolute atomic E-state index is 0.0488. The highest BCUT2D eigenvalue weighted by Gasteiger charge is 2.25. The van der Waals surface area contributed by atoms with E-state index in [9.17, 15) is 0 Å². The van der Waals surface area contributed by atoms with E-state index < -0.39 is 0 Å². The van der Waals surface area contributed by atoms with Gasteiger partial charge in [-0.05, 0) is 42.5 Å². The molecule has 1 unspecified atom stereocenters. The van der Waals surface area contributed by atoms with Crippen LogP contribution in [0.25, 0.3) is 5.69 Å². The van der Waals surface area contributed by atoms with Crippen LogP contribution in [0.1, 0.15) is 11.4 Å². The molecule has 0 spiro atoms. The fourth-order valence-electron chi connectivity index (χ4n) is 3.18. The van der Waals surface area contributed by atoms with E-state index in [1.54, 1.807) is 4.68 Å². The molecule has 2 aromatic heterocycles. The summed E-state index contributed by atoms with van der Waals surface area (Å²) in [4.78, 5) is 2.17. The van der Waals surface area contributed by atoms with Gasteiger partial charge < -0.3 is 9.64 Å². The van der Waals surface area contributed by atoms with Gasteiger partial charge in [-0.25, -0.2) is 0 Å². The summed E-state index contributed by atoms with van der Waals surface area (Å²) in [6, 6.07) is 12.0. The molecular formula is C17H21N7O. The van der Waals surface area contributed by atoms with Gasteiger partial charge in [0.1, 0.15) is 0 Å². The molecule has 1 aromatic carbocycles. The smallest absolute Gasteiger partial charge is 0.250 e. The number of ether oxygens (including phenoxy) is 1. The topological polar surface area (TPSA) is 73.9 Å². The van der Waals surface area contributed by atoms with E-state index in [2.05, 4.69) is 38.5 Å². The van der Waals surface area contributed by atoms with Gasteiger partial charge >= 0.3 is 0 Å². The quantitative estimate of drug-likeness (QED) is 0.715. The summed E-state index contributed by atoms with van der Waals surface area (Å²) in [6.07, 6.45) is 0.0488. The molecule has 8 nitrogen and oxygen atoms in total. The van der Waals surface area contributed by atoms with Crippen LogP contribution in [0, 0.1) is 13.8 Å². The molecule has 0 N–H and O–H groups in total. The Hall–Kier alpha value is -2.74. The van der Waals surface area contributed by atoms with Crippen LogP contribution < -0.4 is 4.90 Å². The molecule has 0 bridgehead atoms. The minimum atomic E-state index is 0.0488. The molecule has 1 aliphatic heterocycles. The molecule has 1 atom stereocenters. The Morgan fingerprint density at radius 1 is 1.20 bits per heavy atom. The molecule has 0 aliphatic carbocycles. The fraction of sp³-hybridized carbons (Fsp3) is 0.412. The molecule has 0 amide bonds. The Morgan fingerprint density at radius 2 is 2.04 bits per heavy atom. The van der Waals surface area contributed by atoms with Crippen molar-refractivity contribution in [1.82, 2.24) is 30.0 Å². The first kappa shape index (κ1) is 15.8. The van der Waals surface area contributed by atoms with Crippen LogP contribution >= 0.6 is 0 Å². The maximum atomic E-state index is 5.94. The SMILES string of the molecule is Cc1cc(C)n(CC2CN(c3nnnn3-c3ccccc3)CCO2)n1. The third-order valence-corrected chi connectivity index (χ3v) is 4.36. The van der Waals surface area contributed by atoms with Crippen LogP contribution in [0.2, 0.25) is 0 Å². The Kier molecular flexibility index (Phi) is 4.19. The van der Waals surface area contributed by atoms with Gasteiger partial charge in [0.2, 0.25) is 0 Å². The lowest BCUT2D eigenvalue weighted by molar-refractivity contribution is 0.0263. The second kappa shape index (κ2) is 6.64. The van der Waals surface area contributed by atoms with Gasteiger partial charge in [-0.2, -0.15) is 9.78 Å². The lowest BCUT2D eigenvalue weighted by Crippen LogP contribution is -2.45. The van der Waals surface area contributed by atoms with Crippen LogP contribution in [-0.4, -0.2) is 55.8 Å². The average molecular weight is 339 g/mol. The lowest BCUT2D eigenvalue weighted by atomic mass is 10.2. The van der Waals surface area contributed by atoms with E-state index in [1.165, 1.54) is 0 Å². The summed E-state index contributed by atoms with van der Waals surface area (Å²) in [5, 5.41) is 16.8. The van der Waals surface area contributed by atoms with Crippen molar-refractivity contribution in [2.75, 3.05) is 24.6 Å². The van der Waals surface area contributed by atoms with E-state index in [0.717, 1.165) is 42.7 Å². The molecule has 1 saturated heterocycles. The largest absolute Gasteiger partial charge is 0.373 e. The summed E-state index contributed by atoms with van der Waals surface area (Å²) in [5.41, 5.74) is 3.12. The summed E-state index contributed by atoms with van der Waals surface area (Å²) < 4.78 is 9.71. The predicted molar refractivity (Wildman–Crippen MR) is 92.8 cm³/mol. The van der Waals surface area contributed by atoms with Crippen molar-refractivity contribution in [3.8, 4) is 5.69 Å². The zero-order valence-corrected chi connectivity index (χ0v) is 14.4. The average Bonchev–Trinajstić information content (AvgIpc) is 3.23. The van der Waals surface area contributed by atoms with Gasteiger partial charge in [0, 0.05) is 18.8 Å². The molecule has 3 heterocycles. The number of hydrogen-bond donors (Lipinski definition) is 0. The maximum absolute atomic E-state index is 5.94. The summed E-state index contributed by atoms with van der Waals surface area (Å²) >= 11 is 0. The molecular weight excluding hydrogens is 318 g/mol. The molecule has 1 aliphatic rings. The first-order valence-electron chi connectivity index (χ1n) is 8.42. The summed E-state index contributed by atoms with van der Waals surface area (Å²) in [5.74, 6) is 0.743. The number of rotatable bonds is 4. The zero-order chi connectivity index (χ0) is 17.2. The fourth-order valence-corrected chi connectivity index (χ4v) is 3.18. The molecule has 130 valence electrons. The Morgan fingerprint density at radius 3 is 2.80 bits per heavy atom. The van der Waals surface area contributed by atoms with Gasteiger partial charge in [-0.3, -0.25) is 4.68 Å². The lowest BCUT2D eigenvalue weighted by Gasteiger charge is -2.33. The molecule has 8 heteroatoms. The number of anilines is 1. The van der Waals surface area contributed by atoms with Crippen molar-refractivity contribution in [2.45, 2.75) is 26.5 Å². The second-order valence-corrected chi connectivity index (χ2v) is 6.27. The molecule has 4 rings (SSSR count). The third kappa shape index (κ3) is 3.25. The van der Waals surface area contributed by atoms with Crippen molar-refractivity contribution in [3.63, 3.8) is 0 Å².